The van der Waals surface area contributed by atoms with Gasteiger partial charge in [0.2, 0.25) is 5.91 Å². The Morgan fingerprint density at radius 2 is 2.30 bits per heavy atom. The Kier molecular flexibility index (Phi) is 4.24. The van der Waals surface area contributed by atoms with Crippen LogP contribution in [-0.2, 0) is 4.79 Å². The van der Waals surface area contributed by atoms with Crippen molar-refractivity contribution in [1.29, 1.82) is 0 Å². The number of fused-ring (bicyclic) bond motifs is 1. The van der Waals surface area contributed by atoms with E-state index in [9.17, 15) is 9.59 Å². The fourth-order valence-electron chi connectivity index (χ4n) is 2.08. The minimum Gasteiger partial charge on any atom is -0.488 e. The van der Waals surface area contributed by atoms with Crippen LogP contribution < -0.4 is 20.7 Å². The summed E-state index contributed by atoms with van der Waals surface area (Å²) in [4.78, 5) is 25.4. The molecule has 0 aliphatic carbocycles. The first kappa shape index (κ1) is 14.3. The Labute approximate surface area is 117 Å². The first-order valence-electron chi connectivity index (χ1n) is 6.58. The lowest BCUT2D eigenvalue weighted by Gasteiger charge is -2.17. The van der Waals surface area contributed by atoms with E-state index in [0.29, 0.717) is 36.5 Å². The Morgan fingerprint density at radius 3 is 3.00 bits per heavy atom. The second kappa shape index (κ2) is 5.92. The standard InChI is InChI=1S/C14H19N3O3/c1-9-7-13(18)17(2)11-8-10(3-4-12(11)20-9)14(19)16-6-5-15/h3-4,8-9H,5-7,15H2,1-2H3,(H,16,19). The van der Waals surface area contributed by atoms with E-state index in [-0.39, 0.29) is 17.9 Å². The summed E-state index contributed by atoms with van der Waals surface area (Å²) in [6.07, 6.45) is 0.142. The predicted octanol–water partition coefficient (Wildman–Crippen LogP) is 0.509. The summed E-state index contributed by atoms with van der Waals surface area (Å²) in [6, 6.07) is 5.07. The highest BCUT2D eigenvalue weighted by Crippen LogP contribution is 2.33. The molecular formula is C14H19N3O3. The van der Waals surface area contributed by atoms with Crippen LogP contribution in [0.1, 0.15) is 23.7 Å². The summed E-state index contributed by atoms with van der Waals surface area (Å²) in [5, 5.41) is 2.70. The van der Waals surface area contributed by atoms with Crippen molar-refractivity contribution in [2.45, 2.75) is 19.4 Å². The molecular weight excluding hydrogens is 258 g/mol. The molecule has 0 radical (unpaired) electrons. The third-order valence-corrected chi connectivity index (χ3v) is 3.18. The topological polar surface area (TPSA) is 84.7 Å². The van der Waals surface area contributed by atoms with Gasteiger partial charge < -0.3 is 20.7 Å². The highest BCUT2D eigenvalue weighted by Gasteiger charge is 2.25. The predicted molar refractivity (Wildman–Crippen MR) is 75.9 cm³/mol. The molecule has 1 aromatic rings. The molecule has 6 heteroatoms. The van der Waals surface area contributed by atoms with Gasteiger partial charge in [-0.3, -0.25) is 9.59 Å². The van der Waals surface area contributed by atoms with Crippen molar-refractivity contribution in [1.82, 2.24) is 5.32 Å². The number of ether oxygens (including phenoxy) is 1. The van der Waals surface area contributed by atoms with Crippen LogP contribution in [0.2, 0.25) is 0 Å². The quantitative estimate of drug-likeness (QED) is 0.843. The fourth-order valence-corrected chi connectivity index (χ4v) is 2.08. The molecule has 1 aliphatic heterocycles. The molecule has 3 N–H and O–H groups in total. The van der Waals surface area contributed by atoms with E-state index in [1.807, 2.05) is 6.92 Å². The molecule has 1 heterocycles. The van der Waals surface area contributed by atoms with E-state index in [2.05, 4.69) is 5.32 Å². The summed E-state index contributed by atoms with van der Waals surface area (Å²) in [5.41, 5.74) is 6.45. The van der Waals surface area contributed by atoms with Crippen molar-refractivity contribution in [3.63, 3.8) is 0 Å². The molecule has 1 atom stereocenters. The van der Waals surface area contributed by atoms with Crippen molar-refractivity contribution >= 4 is 17.5 Å². The monoisotopic (exact) mass is 277 g/mol. The molecule has 6 nitrogen and oxygen atoms in total. The highest BCUT2D eigenvalue weighted by atomic mass is 16.5. The van der Waals surface area contributed by atoms with Crippen molar-refractivity contribution in [2.75, 3.05) is 25.0 Å². The lowest BCUT2D eigenvalue weighted by molar-refractivity contribution is -0.119. The van der Waals surface area contributed by atoms with Crippen LogP contribution >= 0.6 is 0 Å². The van der Waals surface area contributed by atoms with E-state index >= 15 is 0 Å². The van der Waals surface area contributed by atoms with Crippen LogP contribution in [0.3, 0.4) is 0 Å². The van der Waals surface area contributed by atoms with Gasteiger partial charge in [0, 0.05) is 25.7 Å². The minimum absolute atomic E-state index is 0.0317. The minimum atomic E-state index is -0.212. The maximum Gasteiger partial charge on any atom is 0.251 e. The molecule has 20 heavy (non-hydrogen) atoms. The summed E-state index contributed by atoms with van der Waals surface area (Å²) in [6.45, 7) is 2.65. The van der Waals surface area contributed by atoms with Crippen molar-refractivity contribution in [3.05, 3.63) is 23.8 Å². The van der Waals surface area contributed by atoms with Gasteiger partial charge in [-0.2, -0.15) is 0 Å². The molecule has 1 unspecified atom stereocenters. The largest absolute Gasteiger partial charge is 0.488 e. The molecule has 0 fully saturated rings. The number of hydrogen-bond donors (Lipinski definition) is 2. The number of nitrogens with zero attached hydrogens (tertiary/aromatic N) is 1. The first-order valence-corrected chi connectivity index (χ1v) is 6.58. The zero-order valence-electron chi connectivity index (χ0n) is 11.7. The van der Waals surface area contributed by atoms with Crippen molar-refractivity contribution < 1.29 is 14.3 Å². The van der Waals surface area contributed by atoms with Crippen LogP contribution in [0, 0.1) is 0 Å². The average Bonchev–Trinajstić information content (AvgIpc) is 2.53. The second-order valence-corrected chi connectivity index (χ2v) is 4.81. The molecule has 0 bridgehead atoms. The van der Waals surface area contributed by atoms with Gasteiger partial charge in [0.25, 0.3) is 5.91 Å². The smallest absolute Gasteiger partial charge is 0.251 e. The van der Waals surface area contributed by atoms with Crippen molar-refractivity contribution in [3.8, 4) is 5.75 Å². The van der Waals surface area contributed by atoms with Crippen LogP contribution in [0.5, 0.6) is 5.75 Å². The molecule has 0 spiro atoms. The van der Waals surface area contributed by atoms with E-state index in [1.165, 1.54) is 4.90 Å². The Hall–Kier alpha value is -2.08. The lowest BCUT2D eigenvalue weighted by atomic mass is 10.1. The SMILES string of the molecule is CC1CC(=O)N(C)c2cc(C(=O)NCCN)ccc2O1. The van der Waals surface area contributed by atoms with Crippen LogP contribution in [0.4, 0.5) is 5.69 Å². The Morgan fingerprint density at radius 1 is 1.55 bits per heavy atom. The molecule has 1 aromatic carbocycles. The third kappa shape index (κ3) is 2.91. The van der Waals surface area contributed by atoms with Gasteiger partial charge in [0.1, 0.15) is 11.9 Å². The summed E-state index contributed by atoms with van der Waals surface area (Å²) < 4.78 is 5.70. The molecule has 0 aromatic heterocycles. The normalized spacial score (nSPS) is 18.1. The summed E-state index contributed by atoms with van der Waals surface area (Å²) in [5.74, 6) is 0.369. The average molecular weight is 277 g/mol. The number of anilines is 1. The zero-order chi connectivity index (χ0) is 14.7. The Bertz CT molecular complexity index is 530. The van der Waals surface area contributed by atoms with E-state index < -0.39 is 0 Å². The molecule has 0 saturated carbocycles. The van der Waals surface area contributed by atoms with Gasteiger partial charge >= 0.3 is 0 Å². The van der Waals surface area contributed by atoms with Crippen LogP contribution in [-0.4, -0.2) is 38.1 Å². The third-order valence-electron chi connectivity index (χ3n) is 3.18. The van der Waals surface area contributed by atoms with Crippen LogP contribution in [0.25, 0.3) is 0 Å². The summed E-state index contributed by atoms with van der Waals surface area (Å²) >= 11 is 0. The van der Waals surface area contributed by atoms with Gasteiger partial charge in [-0.25, -0.2) is 0 Å². The van der Waals surface area contributed by atoms with E-state index in [0.717, 1.165) is 0 Å². The second-order valence-electron chi connectivity index (χ2n) is 4.81. The maximum absolute atomic E-state index is 12.0. The number of hydrogen-bond acceptors (Lipinski definition) is 4. The van der Waals surface area contributed by atoms with Gasteiger partial charge in [0.05, 0.1) is 12.1 Å². The molecule has 2 amide bonds. The molecule has 108 valence electrons. The van der Waals surface area contributed by atoms with Crippen molar-refractivity contribution in [2.24, 2.45) is 5.73 Å². The number of amides is 2. The van der Waals surface area contributed by atoms with Gasteiger partial charge in [0.15, 0.2) is 0 Å². The number of benzene rings is 1. The zero-order valence-corrected chi connectivity index (χ0v) is 11.7. The molecule has 0 saturated heterocycles. The molecule has 2 rings (SSSR count). The van der Waals surface area contributed by atoms with E-state index in [1.54, 1.807) is 25.2 Å². The fraction of sp³-hybridized carbons (Fsp3) is 0.429. The number of nitrogens with one attached hydrogen (secondary N) is 1. The van der Waals surface area contributed by atoms with Gasteiger partial charge in [-0.05, 0) is 25.1 Å². The van der Waals surface area contributed by atoms with E-state index in [4.69, 9.17) is 10.5 Å². The number of carbonyl (C=O) groups excluding carboxylic acids is 2. The van der Waals surface area contributed by atoms with Gasteiger partial charge in [-0.15, -0.1) is 0 Å². The van der Waals surface area contributed by atoms with Crippen LogP contribution in [0.15, 0.2) is 18.2 Å². The summed E-state index contributed by atoms with van der Waals surface area (Å²) in [7, 11) is 1.68. The van der Waals surface area contributed by atoms with Gasteiger partial charge in [-0.1, -0.05) is 0 Å². The Balaban J connectivity index is 2.32. The highest BCUT2D eigenvalue weighted by molar-refractivity contribution is 5.99. The first-order chi connectivity index (χ1) is 9.52. The number of rotatable bonds is 3. The lowest BCUT2D eigenvalue weighted by Crippen LogP contribution is -2.29. The maximum atomic E-state index is 12.0. The molecule has 1 aliphatic rings. The number of nitrogens with two attached hydrogens (primary N) is 1. The number of carbonyl (C=O) groups is 2.